The fourth-order valence-electron chi connectivity index (χ4n) is 1.97. The van der Waals surface area contributed by atoms with E-state index in [2.05, 4.69) is 5.32 Å². The highest BCUT2D eigenvalue weighted by Gasteiger charge is 2.12. The third-order valence-electron chi connectivity index (χ3n) is 3.07. The first-order chi connectivity index (χ1) is 10.1. The molecule has 2 N–H and O–H groups in total. The Balaban J connectivity index is 1.80. The minimum Gasteiger partial charge on any atom is -0.490 e. The summed E-state index contributed by atoms with van der Waals surface area (Å²) >= 11 is 0. The minimum absolute atomic E-state index is 0.102. The lowest BCUT2D eigenvalue weighted by Crippen LogP contribution is -2.35. The van der Waals surface area contributed by atoms with E-state index in [4.69, 9.17) is 9.15 Å². The number of rotatable bonds is 6. The third kappa shape index (κ3) is 4.10. The Bertz CT molecular complexity index is 572. The summed E-state index contributed by atoms with van der Waals surface area (Å²) in [6, 6.07) is 9.06. The van der Waals surface area contributed by atoms with Crippen LogP contribution in [0.15, 0.2) is 41.0 Å². The van der Waals surface area contributed by atoms with Gasteiger partial charge in [0, 0.05) is 6.54 Å². The highest BCUT2D eigenvalue weighted by atomic mass is 16.5. The number of carbonyl (C=O) groups is 1. The maximum absolute atomic E-state index is 11.6. The van der Waals surface area contributed by atoms with Crippen LogP contribution in [0.5, 0.6) is 5.75 Å². The topological polar surface area (TPSA) is 71.7 Å². The monoisotopic (exact) mass is 289 g/mol. The molecule has 0 saturated heterocycles. The van der Waals surface area contributed by atoms with Crippen LogP contribution in [0.3, 0.4) is 0 Å². The van der Waals surface area contributed by atoms with Gasteiger partial charge in [-0.25, -0.2) is 0 Å². The van der Waals surface area contributed by atoms with E-state index in [0.29, 0.717) is 0 Å². The number of ether oxygens (including phenoxy) is 1. The van der Waals surface area contributed by atoms with Crippen molar-refractivity contribution in [2.75, 3.05) is 13.2 Å². The number of carbonyl (C=O) groups excluding carboxylic acids is 1. The Labute approximate surface area is 123 Å². The quantitative estimate of drug-likeness (QED) is 0.854. The molecule has 1 atom stereocenters. The zero-order valence-electron chi connectivity index (χ0n) is 12.1. The van der Waals surface area contributed by atoms with Crippen LogP contribution >= 0.6 is 0 Å². The Morgan fingerprint density at radius 1 is 1.29 bits per heavy atom. The van der Waals surface area contributed by atoms with Gasteiger partial charge in [-0.2, -0.15) is 0 Å². The summed E-state index contributed by atoms with van der Waals surface area (Å²) in [6.45, 7) is 4.12. The number of aryl methyl sites for hydroxylation is 2. The van der Waals surface area contributed by atoms with Crippen LogP contribution in [0.4, 0.5) is 0 Å². The highest BCUT2D eigenvalue weighted by molar-refractivity contribution is 5.91. The molecular weight excluding hydrogens is 270 g/mol. The molecule has 0 unspecified atom stereocenters. The summed E-state index contributed by atoms with van der Waals surface area (Å²) in [5, 5.41) is 12.5. The lowest BCUT2D eigenvalue weighted by molar-refractivity contribution is 0.0820. The second-order valence-corrected chi connectivity index (χ2v) is 4.87. The van der Waals surface area contributed by atoms with Crippen LogP contribution in [0.2, 0.25) is 0 Å². The van der Waals surface area contributed by atoms with Crippen molar-refractivity contribution in [3.63, 3.8) is 0 Å². The lowest BCUT2D eigenvalue weighted by Gasteiger charge is -2.15. The molecule has 0 saturated carbocycles. The van der Waals surface area contributed by atoms with Crippen LogP contribution in [-0.2, 0) is 0 Å². The van der Waals surface area contributed by atoms with Crippen molar-refractivity contribution in [3.8, 4) is 5.75 Å². The Hall–Kier alpha value is -2.27. The normalized spacial score (nSPS) is 12.0. The second kappa shape index (κ2) is 6.95. The van der Waals surface area contributed by atoms with Gasteiger partial charge in [-0.05, 0) is 37.1 Å². The van der Waals surface area contributed by atoms with E-state index in [0.717, 1.165) is 16.9 Å². The molecule has 2 aromatic rings. The van der Waals surface area contributed by atoms with Gasteiger partial charge in [0.2, 0.25) is 0 Å². The standard InChI is InChI=1S/C16H19NO4/c1-11-5-3-6-12(2)15(11)21-10-13(18)9-17-16(19)14-7-4-8-20-14/h3-8,13,18H,9-10H2,1-2H3,(H,17,19)/t13-/m1/s1. The third-order valence-corrected chi connectivity index (χ3v) is 3.07. The van der Waals surface area contributed by atoms with Crippen molar-refractivity contribution >= 4 is 5.91 Å². The molecule has 1 aromatic heterocycles. The van der Waals surface area contributed by atoms with Crippen LogP contribution in [0.25, 0.3) is 0 Å². The Kier molecular flexibility index (Phi) is 5.00. The Morgan fingerprint density at radius 2 is 2.00 bits per heavy atom. The Morgan fingerprint density at radius 3 is 2.62 bits per heavy atom. The first kappa shape index (κ1) is 15.1. The summed E-state index contributed by atoms with van der Waals surface area (Å²) in [5.41, 5.74) is 2.03. The first-order valence-corrected chi connectivity index (χ1v) is 6.76. The molecule has 5 heteroatoms. The second-order valence-electron chi connectivity index (χ2n) is 4.87. The van der Waals surface area contributed by atoms with E-state index in [1.54, 1.807) is 12.1 Å². The van der Waals surface area contributed by atoms with Gasteiger partial charge in [0.25, 0.3) is 5.91 Å². The van der Waals surface area contributed by atoms with Crippen LogP contribution in [0, 0.1) is 13.8 Å². The lowest BCUT2D eigenvalue weighted by atomic mass is 10.1. The van der Waals surface area contributed by atoms with Gasteiger partial charge < -0.3 is 19.6 Å². The number of nitrogens with one attached hydrogen (secondary N) is 1. The van der Waals surface area contributed by atoms with Gasteiger partial charge in [0.15, 0.2) is 5.76 Å². The van der Waals surface area contributed by atoms with Gasteiger partial charge in [-0.1, -0.05) is 18.2 Å². The maximum Gasteiger partial charge on any atom is 0.287 e. The number of aliphatic hydroxyl groups is 1. The molecule has 21 heavy (non-hydrogen) atoms. The van der Waals surface area contributed by atoms with Crippen LogP contribution in [-0.4, -0.2) is 30.3 Å². The van der Waals surface area contributed by atoms with Gasteiger partial charge in [0.1, 0.15) is 18.5 Å². The van der Waals surface area contributed by atoms with Crippen molar-refractivity contribution in [1.82, 2.24) is 5.32 Å². The number of amides is 1. The predicted octanol–water partition coefficient (Wildman–Crippen LogP) is 2.07. The summed E-state index contributed by atoms with van der Waals surface area (Å²) in [6.07, 6.45) is 0.637. The van der Waals surface area contributed by atoms with Crippen molar-refractivity contribution in [2.24, 2.45) is 0 Å². The summed E-state index contributed by atoms with van der Waals surface area (Å²) < 4.78 is 10.6. The van der Waals surface area contributed by atoms with Gasteiger partial charge in [-0.3, -0.25) is 4.79 Å². The van der Waals surface area contributed by atoms with E-state index in [9.17, 15) is 9.90 Å². The number of aliphatic hydroxyl groups excluding tert-OH is 1. The molecular formula is C16H19NO4. The molecule has 2 rings (SSSR count). The zero-order valence-corrected chi connectivity index (χ0v) is 12.1. The molecule has 1 heterocycles. The molecule has 0 aliphatic rings. The number of hydrogen-bond donors (Lipinski definition) is 2. The summed E-state index contributed by atoms with van der Waals surface area (Å²) in [4.78, 5) is 11.6. The summed E-state index contributed by atoms with van der Waals surface area (Å²) in [7, 11) is 0. The molecule has 0 bridgehead atoms. The summed E-state index contributed by atoms with van der Waals surface area (Å²) in [5.74, 6) is 0.637. The van der Waals surface area contributed by atoms with E-state index in [1.807, 2.05) is 32.0 Å². The van der Waals surface area contributed by atoms with Gasteiger partial charge >= 0.3 is 0 Å². The predicted molar refractivity (Wildman–Crippen MR) is 78.5 cm³/mol. The molecule has 0 aliphatic heterocycles. The number of para-hydroxylation sites is 1. The molecule has 0 spiro atoms. The first-order valence-electron chi connectivity index (χ1n) is 6.76. The SMILES string of the molecule is Cc1cccc(C)c1OC[C@H](O)CNC(=O)c1ccco1. The smallest absolute Gasteiger partial charge is 0.287 e. The van der Waals surface area contributed by atoms with Crippen molar-refractivity contribution in [1.29, 1.82) is 0 Å². The van der Waals surface area contributed by atoms with Crippen molar-refractivity contribution in [3.05, 3.63) is 53.5 Å². The largest absolute Gasteiger partial charge is 0.490 e. The van der Waals surface area contributed by atoms with Crippen molar-refractivity contribution in [2.45, 2.75) is 20.0 Å². The van der Waals surface area contributed by atoms with E-state index in [-0.39, 0.29) is 24.8 Å². The molecule has 0 fully saturated rings. The number of furan rings is 1. The van der Waals surface area contributed by atoms with Crippen molar-refractivity contribution < 1.29 is 19.1 Å². The van der Waals surface area contributed by atoms with Gasteiger partial charge in [-0.15, -0.1) is 0 Å². The molecule has 112 valence electrons. The number of benzene rings is 1. The average molecular weight is 289 g/mol. The van der Waals surface area contributed by atoms with Crippen LogP contribution in [0.1, 0.15) is 21.7 Å². The van der Waals surface area contributed by atoms with E-state index in [1.165, 1.54) is 6.26 Å². The maximum atomic E-state index is 11.6. The number of hydrogen-bond acceptors (Lipinski definition) is 4. The molecule has 1 amide bonds. The van der Waals surface area contributed by atoms with E-state index < -0.39 is 6.10 Å². The molecule has 0 aliphatic carbocycles. The average Bonchev–Trinajstić information content (AvgIpc) is 2.98. The molecule has 5 nitrogen and oxygen atoms in total. The van der Waals surface area contributed by atoms with Crippen LogP contribution < -0.4 is 10.1 Å². The molecule has 0 radical (unpaired) electrons. The van der Waals surface area contributed by atoms with Gasteiger partial charge in [0.05, 0.1) is 6.26 Å². The fraction of sp³-hybridized carbons (Fsp3) is 0.312. The fourth-order valence-corrected chi connectivity index (χ4v) is 1.97. The molecule has 1 aromatic carbocycles. The minimum atomic E-state index is -0.789. The highest BCUT2D eigenvalue weighted by Crippen LogP contribution is 2.22. The van der Waals surface area contributed by atoms with E-state index >= 15 is 0 Å². The zero-order chi connectivity index (χ0) is 15.2.